The molecule has 2 heterocycles. The quantitative estimate of drug-likeness (QED) is 0.876. The summed E-state index contributed by atoms with van der Waals surface area (Å²) in [7, 11) is 0. The van der Waals surface area contributed by atoms with Crippen molar-refractivity contribution in [3.8, 4) is 11.5 Å². The Balaban J connectivity index is 1.48. The zero-order valence-corrected chi connectivity index (χ0v) is 12.4. The Morgan fingerprint density at radius 1 is 1.14 bits per heavy atom. The Morgan fingerprint density at radius 3 is 2.82 bits per heavy atom. The SMILES string of the molecule is O=C(CNC(=O)c1ccc2c(c1)OCO2)NCc1cccs1. The van der Waals surface area contributed by atoms with Crippen molar-refractivity contribution in [1.82, 2.24) is 10.6 Å². The highest BCUT2D eigenvalue weighted by molar-refractivity contribution is 7.09. The smallest absolute Gasteiger partial charge is 0.251 e. The van der Waals surface area contributed by atoms with Crippen LogP contribution >= 0.6 is 11.3 Å². The number of ether oxygens (including phenoxy) is 2. The third-order valence-electron chi connectivity index (χ3n) is 3.08. The van der Waals surface area contributed by atoms with E-state index < -0.39 is 0 Å². The molecule has 7 heteroatoms. The molecule has 1 aromatic carbocycles. The van der Waals surface area contributed by atoms with Crippen molar-refractivity contribution in [1.29, 1.82) is 0 Å². The Kier molecular flexibility index (Phi) is 4.24. The van der Waals surface area contributed by atoms with Crippen LogP contribution in [0.3, 0.4) is 0 Å². The van der Waals surface area contributed by atoms with E-state index in [4.69, 9.17) is 9.47 Å². The van der Waals surface area contributed by atoms with Crippen molar-refractivity contribution in [3.63, 3.8) is 0 Å². The molecule has 114 valence electrons. The molecule has 0 saturated heterocycles. The number of hydrogen-bond acceptors (Lipinski definition) is 5. The molecule has 0 radical (unpaired) electrons. The Bertz CT molecular complexity index is 685. The highest BCUT2D eigenvalue weighted by Crippen LogP contribution is 2.32. The number of fused-ring (bicyclic) bond motifs is 1. The van der Waals surface area contributed by atoms with Crippen LogP contribution in [-0.2, 0) is 11.3 Å². The molecular formula is C15H14N2O4S. The molecular weight excluding hydrogens is 304 g/mol. The molecule has 22 heavy (non-hydrogen) atoms. The van der Waals surface area contributed by atoms with Crippen molar-refractivity contribution in [2.24, 2.45) is 0 Å². The molecule has 0 aliphatic carbocycles. The lowest BCUT2D eigenvalue weighted by Gasteiger charge is -2.06. The number of carbonyl (C=O) groups excluding carboxylic acids is 2. The first-order valence-corrected chi connectivity index (χ1v) is 7.57. The number of hydrogen-bond donors (Lipinski definition) is 2. The number of benzene rings is 1. The van der Waals surface area contributed by atoms with Gasteiger partial charge < -0.3 is 20.1 Å². The molecule has 0 atom stereocenters. The molecule has 0 fully saturated rings. The normalized spacial score (nSPS) is 12.0. The molecule has 0 unspecified atom stereocenters. The fourth-order valence-corrected chi connectivity index (χ4v) is 2.61. The van der Waals surface area contributed by atoms with Gasteiger partial charge in [-0.15, -0.1) is 11.3 Å². The van der Waals surface area contributed by atoms with Gasteiger partial charge in [0.1, 0.15) is 0 Å². The van der Waals surface area contributed by atoms with Crippen LogP contribution in [0.25, 0.3) is 0 Å². The molecule has 1 aliphatic heterocycles. The fraction of sp³-hybridized carbons (Fsp3) is 0.200. The molecule has 2 N–H and O–H groups in total. The van der Waals surface area contributed by atoms with E-state index in [0.717, 1.165) is 4.88 Å². The van der Waals surface area contributed by atoms with Gasteiger partial charge in [0.25, 0.3) is 5.91 Å². The zero-order valence-electron chi connectivity index (χ0n) is 11.6. The van der Waals surface area contributed by atoms with Gasteiger partial charge in [0.2, 0.25) is 12.7 Å². The minimum Gasteiger partial charge on any atom is -0.454 e. The van der Waals surface area contributed by atoms with E-state index >= 15 is 0 Å². The van der Waals surface area contributed by atoms with Crippen molar-refractivity contribution in [3.05, 3.63) is 46.2 Å². The number of thiophene rings is 1. The summed E-state index contributed by atoms with van der Waals surface area (Å²) < 4.78 is 10.4. The molecule has 2 aromatic rings. The topological polar surface area (TPSA) is 76.7 Å². The van der Waals surface area contributed by atoms with E-state index in [9.17, 15) is 9.59 Å². The number of amides is 2. The molecule has 0 saturated carbocycles. The lowest BCUT2D eigenvalue weighted by atomic mass is 10.2. The van der Waals surface area contributed by atoms with E-state index in [1.807, 2.05) is 17.5 Å². The Morgan fingerprint density at radius 2 is 2.00 bits per heavy atom. The summed E-state index contributed by atoms with van der Waals surface area (Å²) in [5.74, 6) is 0.590. The maximum atomic E-state index is 12.0. The molecule has 0 spiro atoms. The maximum Gasteiger partial charge on any atom is 0.251 e. The summed E-state index contributed by atoms with van der Waals surface area (Å²) in [5.41, 5.74) is 0.426. The highest BCUT2D eigenvalue weighted by Gasteiger charge is 2.16. The van der Waals surface area contributed by atoms with Crippen LogP contribution in [0, 0.1) is 0 Å². The van der Waals surface area contributed by atoms with Crippen LogP contribution in [0.4, 0.5) is 0 Å². The average Bonchev–Trinajstić information content (AvgIpc) is 3.20. The lowest BCUT2D eigenvalue weighted by molar-refractivity contribution is -0.120. The number of rotatable bonds is 5. The van der Waals surface area contributed by atoms with Crippen molar-refractivity contribution < 1.29 is 19.1 Å². The first-order chi connectivity index (χ1) is 10.7. The molecule has 2 amide bonds. The lowest BCUT2D eigenvalue weighted by Crippen LogP contribution is -2.36. The van der Waals surface area contributed by atoms with Gasteiger partial charge in [-0.2, -0.15) is 0 Å². The van der Waals surface area contributed by atoms with Gasteiger partial charge in [0, 0.05) is 10.4 Å². The summed E-state index contributed by atoms with van der Waals surface area (Å²) >= 11 is 1.57. The molecule has 6 nitrogen and oxygen atoms in total. The van der Waals surface area contributed by atoms with E-state index in [0.29, 0.717) is 23.6 Å². The van der Waals surface area contributed by atoms with Gasteiger partial charge in [-0.3, -0.25) is 9.59 Å². The van der Waals surface area contributed by atoms with Crippen LogP contribution in [-0.4, -0.2) is 25.2 Å². The van der Waals surface area contributed by atoms with E-state index in [1.54, 1.807) is 29.5 Å². The van der Waals surface area contributed by atoms with Crippen LogP contribution in [0.2, 0.25) is 0 Å². The summed E-state index contributed by atoms with van der Waals surface area (Å²) in [6.45, 7) is 0.556. The predicted molar refractivity (Wildman–Crippen MR) is 81.1 cm³/mol. The van der Waals surface area contributed by atoms with Gasteiger partial charge in [-0.25, -0.2) is 0 Å². The molecule has 1 aromatic heterocycles. The van der Waals surface area contributed by atoms with Crippen molar-refractivity contribution in [2.75, 3.05) is 13.3 Å². The first-order valence-electron chi connectivity index (χ1n) is 6.69. The standard InChI is InChI=1S/C15H14N2O4S/c18-14(16-7-11-2-1-5-22-11)8-17-15(19)10-3-4-12-13(6-10)21-9-20-12/h1-6H,7-9H2,(H,16,18)(H,17,19). The molecule has 3 rings (SSSR count). The highest BCUT2D eigenvalue weighted by atomic mass is 32.1. The van der Waals surface area contributed by atoms with Crippen LogP contribution in [0.1, 0.15) is 15.2 Å². The second-order valence-corrected chi connectivity index (χ2v) is 5.64. The van der Waals surface area contributed by atoms with Gasteiger partial charge in [-0.1, -0.05) is 6.07 Å². The minimum absolute atomic E-state index is 0.0708. The van der Waals surface area contributed by atoms with Crippen molar-refractivity contribution >= 4 is 23.2 Å². The number of nitrogens with one attached hydrogen (secondary N) is 2. The van der Waals surface area contributed by atoms with E-state index in [1.165, 1.54) is 0 Å². The first kappa shape index (κ1) is 14.4. The summed E-state index contributed by atoms with van der Waals surface area (Å²) in [5, 5.41) is 7.27. The number of carbonyl (C=O) groups is 2. The van der Waals surface area contributed by atoms with Crippen LogP contribution < -0.4 is 20.1 Å². The monoisotopic (exact) mass is 318 g/mol. The van der Waals surface area contributed by atoms with Crippen molar-refractivity contribution in [2.45, 2.75) is 6.54 Å². The molecule has 1 aliphatic rings. The third kappa shape index (κ3) is 3.37. The zero-order chi connectivity index (χ0) is 15.4. The van der Waals surface area contributed by atoms with E-state index in [-0.39, 0.29) is 25.2 Å². The van der Waals surface area contributed by atoms with Gasteiger partial charge in [-0.05, 0) is 29.6 Å². The largest absolute Gasteiger partial charge is 0.454 e. The molecule has 0 bridgehead atoms. The van der Waals surface area contributed by atoms with Gasteiger partial charge in [0.15, 0.2) is 11.5 Å². The van der Waals surface area contributed by atoms with Gasteiger partial charge in [0.05, 0.1) is 13.1 Å². The second kappa shape index (κ2) is 6.48. The summed E-state index contributed by atoms with van der Waals surface area (Å²) in [4.78, 5) is 24.8. The average molecular weight is 318 g/mol. The summed E-state index contributed by atoms with van der Waals surface area (Å²) in [6.07, 6.45) is 0. The third-order valence-corrected chi connectivity index (χ3v) is 3.96. The Hall–Kier alpha value is -2.54. The van der Waals surface area contributed by atoms with Crippen LogP contribution in [0.5, 0.6) is 11.5 Å². The predicted octanol–water partition coefficient (Wildman–Crippen LogP) is 1.52. The Labute approximate surface area is 131 Å². The van der Waals surface area contributed by atoms with E-state index in [2.05, 4.69) is 10.6 Å². The fourth-order valence-electron chi connectivity index (χ4n) is 1.96. The second-order valence-electron chi connectivity index (χ2n) is 4.61. The maximum absolute atomic E-state index is 12.0. The van der Waals surface area contributed by atoms with Gasteiger partial charge >= 0.3 is 0 Å². The van der Waals surface area contributed by atoms with Crippen LogP contribution in [0.15, 0.2) is 35.7 Å². The minimum atomic E-state index is -0.329. The summed E-state index contributed by atoms with van der Waals surface area (Å²) in [6, 6.07) is 8.77.